The van der Waals surface area contributed by atoms with Crippen molar-refractivity contribution < 1.29 is 54.1 Å². The Hall–Kier alpha value is -3.06. The van der Waals surface area contributed by atoms with Crippen LogP contribution in [0.2, 0.25) is 0 Å². The van der Waals surface area contributed by atoms with Crippen molar-refractivity contribution in [2.45, 2.75) is 69.1 Å². The fourth-order valence-corrected chi connectivity index (χ4v) is 5.68. The predicted molar refractivity (Wildman–Crippen MR) is 130 cm³/mol. The lowest BCUT2D eigenvalue weighted by molar-refractivity contribution is -0.313. The Morgan fingerprint density at radius 1 is 1.00 bits per heavy atom. The van der Waals surface area contributed by atoms with E-state index in [2.05, 4.69) is 0 Å². The molecule has 38 heavy (non-hydrogen) atoms. The highest BCUT2D eigenvalue weighted by Gasteiger charge is 2.48. The van der Waals surface area contributed by atoms with E-state index in [1.165, 1.54) is 32.4 Å². The van der Waals surface area contributed by atoms with Crippen LogP contribution in [0.15, 0.2) is 18.2 Å². The summed E-state index contributed by atoms with van der Waals surface area (Å²) < 4.78 is 22.3. The first-order chi connectivity index (χ1) is 17.9. The number of carbonyl (C=O) groups is 2. The van der Waals surface area contributed by atoms with Crippen LogP contribution in [0.5, 0.6) is 17.2 Å². The van der Waals surface area contributed by atoms with Crippen LogP contribution < -0.4 is 4.74 Å². The largest absolute Gasteiger partial charge is 0.507 e. The zero-order chi connectivity index (χ0) is 27.7. The molecule has 2 aromatic rings. The maximum Gasteiger partial charge on any atom is 0.201 e. The third-order valence-electron chi connectivity index (χ3n) is 7.57. The highest BCUT2D eigenvalue weighted by molar-refractivity contribution is 6.30. The van der Waals surface area contributed by atoms with Gasteiger partial charge in [-0.2, -0.15) is 0 Å². The molecule has 1 heterocycles. The molecule has 5 N–H and O–H groups in total. The molecule has 1 fully saturated rings. The molecular weight excluding hydrogens is 500 g/mol. The van der Waals surface area contributed by atoms with Crippen molar-refractivity contribution in [3.63, 3.8) is 0 Å². The Morgan fingerprint density at radius 3 is 2.34 bits per heavy atom. The summed E-state index contributed by atoms with van der Waals surface area (Å²) in [5, 5.41) is 53.7. The topological polar surface area (TPSA) is 172 Å². The molecule has 0 aromatic heterocycles. The molecule has 0 unspecified atom stereocenters. The fraction of sp³-hybridized carbons (Fsp3) is 0.481. The van der Waals surface area contributed by atoms with Crippen LogP contribution in [0, 0.1) is 0 Å². The van der Waals surface area contributed by atoms with Crippen LogP contribution in [0.1, 0.15) is 69.3 Å². The number of fused-ring (bicyclic) bond motifs is 3. The van der Waals surface area contributed by atoms with Gasteiger partial charge in [-0.1, -0.05) is 0 Å². The SMILES string of the molecule is COc1cc(O)c2c(c1)C(=O)c1cc3c(c(O)c1C2=O)[C@@H](O[C@@H]1O[C@H](C)[C@@H](O)[C@H](O)[C@@H]1OC)C[C@](C)(O)C3. The zero-order valence-corrected chi connectivity index (χ0v) is 21.3. The van der Waals surface area contributed by atoms with Crippen molar-refractivity contribution in [2.75, 3.05) is 14.2 Å². The molecule has 7 atom stereocenters. The van der Waals surface area contributed by atoms with Gasteiger partial charge in [-0.15, -0.1) is 0 Å². The zero-order valence-electron chi connectivity index (χ0n) is 21.3. The average molecular weight is 531 g/mol. The minimum atomic E-state index is -1.33. The smallest absolute Gasteiger partial charge is 0.201 e. The number of hydrogen-bond donors (Lipinski definition) is 5. The van der Waals surface area contributed by atoms with Gasteiger partial charge in [0.05, 0.1) is 36.0 Å². The van der Waals surface area contributed by atoms with Crippen molar-refractivity contribution in [3.8, 4) is 17.2 Å². The number of carbonyl (C=O) groups excluding carboxylic acids is 2. The van der Waals surface area contributed by atoms with E-state index in [0.717, 1.165) is 0 Å². The van der Waals surface area contributed by atoms with E-state index in [-0.39, 0.29) is 46.4 Å². The summed E-state index contributed by atoms with van der Waals surface area (Å²) in [6.07, 6.45) is -6.64. The van der Waals surface area contributed by atoms with E-state index in [9.17, 15) is 35.1 Å². The van der Waals surface area contributed by atoms with Crippen LogP contribution in [0.3, 0.4) is 0 Å². The number of phenolic OH excluding ortho intramolecular Hbond substituents is 2. The minimum absolute atomic E-state index is 0.0170. The van der Waals surface area contributed by atoms with Crippen molar-refractivity contribution in [1.29, 1.82) is 0 Å². The monoisotopic (exact) mass is 530 g/mol. The summed E-state index contributed by atoms with van der Waals surface area (Å²) in [7, 11) is 2.68. The third-order valence-corrected chi connectivity index (χ3v) is 7.57. The molecular formula is C27H30O11. The highest BCUT2D eigenvalue weighted by Crippen LogP contribution is 2.48. The molecule has 2 aromatic carbocycles. The van der Waals surface area contributed by atoms with Crippen LogP contribution >= 0.6 is 0 Å². The summed E-state index contributed by atoms with van der Waals surface area (Å²) in [6.45, 7) is 3.13. The van der Waals surface area contributed by atoms with Crippen LogP contribution in [0.25, 0.3) is 0 Å². The summed E-state index contributed by atoms with van der Waals surface area (Å²) in [5.41, 5.74) is -1.42. The number of aromatic hydroxyl groups is 2. The fourth-order valence-electron chi connectivity index (χ4n) is 5.68. The average Bonchev–Trinajstić information content (AvgIpc) is 2.84. The first-order valence-electron chi connectivity index (χ1n) is 12.2. The number of hydrogen-bond acceptors (Lipinski definition) is 11. The highest BCUT2D eigenvalue weighted by atomic mass is 16.7. The Kier molecular flexibility index (Phi) is 6.49. The van der Waals surface area contributed by atoms with Crippen molar-refractivity contribution in [2.24, 2.45) is 0 Å². The van der Waals surface area contributed by atoms with Gasteiger partial charge in [-0.3, -0.25) is 9.59 Å². The molecule has 0 saturated carbocycles. The van der Waals surface area contributed by atoms with E-state index < -0.39 is 65.5 Å². The number of ether oxygens (including phenoxy) is 4. The molecule has 1 aliphatic heterocycles. The standard InChI is InChI=1S/C27H30O11/c1-10-20(29)24(33)25(36-4)26(37-10)38-16-9-27(2,34)8-11-5-13-19(22(31)17(11)16)23(32)18-14(21(13)30)6-12(35-3)7-15(18)28/h5-7,10,16,20,24-26,28-29,31,33-34H,8-9H2,1-4H3/t10-,16+,20-,24+,25+,26+,27-/m1/s1. The van der Waals surface area contributed by atoms with Gasteiger partial charge < -0.3 is 44.5 Å². The van der Waals surface area contributed by atoms with Crippen LogP contribution in [-0.2, 0) is 20.6 Å². The van der Waals surface area contributed by atoms with Crippen molar-refractivity contribution in [3.05, 3.63) is 51.6 Å². The second-order valence-corrected chi connectivity index (χ2v) is 10.3. The quantitative estimate of drug-likeness (QED) is 0.327. The molecule has 0 spiro atoms. The lowest BCUT2D eigenvalue weighted by Gasteiger charge is -2.44. The van der Waals surface area contributed by atoms with Gasteiger partial charge in [0.25, 0.3) is 0 Å². The second-order valence-electron chi connectivity index (χ2n) is 10.3. The third kappa shape index (κ3) is 4.06. The number of ketones is 2. The van der Waals surface area contributed by atoms with Gasteiger partial charge in [0, 0.05) is 42.7 Å². The number of phenols is 2. The summed E-state index contributed by atoms with van der Waals surface area (Å²) >= 11 is 0. The van der Waals surface area contributed by atoms with Gasteiger partial charge in [-0.05, 0) is 31.5 Å². The molecule has 3 aliphatic rings. The number of aliphatic hydroxyl groups excluding tert-OH is 2. The molecule has 0 bridgehead atoms. The number of rotatable bonds is 4. The molecule has 5 rings (SSSR count). The molecule has 1 saturated heterocycles. The van der Waals surface area contributed by atoms with Crippen molar-refractivity contribution in [1.82, 2.24) is 0 Å². The summed E-state index contributed by atoms with van der Waals surface area (Å²) in [5.74, 6) is -2.12. The van der Waals surface area contributed by atoms with Crippen LogP contribution in [0.4, 0.5) is 0 Å². The van der Waals surface area contributed by atoms with Gasteiger partial charge in [0.2, 0.25) is 5.78 Å². The molecule has 11 nitrogen and oxygen atoms in total. The molecule has 2 aliphatic carbocycles. The van der Waals surface area contributed by atoms with E-state index in [1.807, 2.05) is 0 Å². The number of methoxy groups -OCH3 is 2. The lowest BCUT2D eigenvalue weighted by Crippen LogP contribution is -2.58. The van der Waals surface area contributed by atoms with Crippen molar-refractivity contribution >= 4 is 11.6 Å². The van der Waals surface area contributed by atoms with Gasteiger partial charge in [0.15, 0.2) is 12.1 Å². The summed E-state index contributed by atoms with van der Waals surface area (Å²) in [4.78, 5) is 27.0. The first-order valence-corrected chi connectivity index (χ1v) is 12.2. The molecule has 0 radical (unpaired) electrons. The maximum absolute atomic E-state index is 13.5. The van der Waals surface area contributed by atoms with E-state index in [1.54, 1.807) is 13.8 Å². The Bertz CT molecular complexity index is 1320. The van der Waals surface area contributed by atoms with E-state index in [0.29, 0.717) is 5.56 Å². The maximum atomic E-state index is 13.5. The Morgan fingerprint density at radius 2 is 1.68 bits per heavy atom. The van der Waals surface area contributed by atoms with Gasteiger partial charge in [0.1, 0.15) is 35.6 Å². The number of aliphatic hydroxyl groups is 3. The minimum Gasteiger partial charge on any atom is -0.507 e. The molecule has 0 amide bonds. The summed E-state index contributed by atoms with van der Waals surface area (Å²) in [6, 6.07) is 4.01. The second kappa shape index (κ2) is 9.30. The Labute approximate surface area is 218 Å². The van der Waals surface area contributed by atoms with Gasteiger partial charge in [-0.25, -0.2) is 0 Å². The van der Waals surface area contributed by atoms with Gasteiger partial charge >= 0.3 is 0 Å². The molecule has 204 valence electrons. The lowest BCUT2D eigenvalue weighted by atomic mass is 9.74. The van der Waals surface area contributed by atoms with E-state index >= 15 is 0 Å². The normalized spacial score (nSPS) is 32.4. The first kappa shape index (κ1) is 26.5. The number of benzene rings is 2. The Balaban J connectivity index is 1.62. The van der Waals surface area contributed by atoms with Crippen LogP contribution in [-0.4, -0.2) is 87.6 Å². The van der Waals surface area contributed by atoms with E-state index in [4.69, 9.17) is 18.9 Å². The predicted octanol–water partition coefficient (Wildman–Crippen LogP) is 1.12. The molecule has 11 heteroatoms.